The second-order valence-corrected chi connectivity index (χ2v) is 5.24. The average molecular weight is 308 g/mol. The van der Waals surface area contributed by atoms with Crippen LogP contribution in [-0.2, 0) is 0 Å². The normalized spacial score (nSPS) is 11.1. The van der Waals surface area contributed by atoms with E-state index in [9.17, 15) is 0 Å². The van der Waals surface area contributed by atoms with Crippen LogP contribution in [0, 0.1) is 4.77 Å². The third kappa shape index (κ3) is 1.96. The van der Waals surface area contributed by atoms with Crippen molar-refractivity contribution in [3.8, 4) is 17.1 Å². The van der Waals surface area contributed by atoms with Gasteiger partial charge in [0.05, 0.1) is 12.6 Å². The Morgan fingerprint density at radius 1 is 1.05 bits per heavy atom. The molecule has 108 valence electrons. The Morgan fingerprint density at radius 3 is 2.59 bits per heavy atom. The molecule has 0 saturated carbocycles. The van der Waals surface area contributed by atoms with Gasteiger partial charge in [-0.15, -0.1) is 0 Å². The van der Waals surface area contributed by atoms with Crippen LogP contribution in [0.5, 0.6) is 5.75 Å². The van der Waals surface area contributed by atoms with Crippen LogP contribution < -0.4 is 4.74 Å². The summed E-state index contributed by atoms with van der Waals surface area (Å²) in [6.07, 6.45) is 0. The Labute approximate surface area is 131 Å². The summed E-state index contributed by atoms with van der Waals surface area (Å²) in [4.78, 5) is 9.11. The number of hydrogen-bond acceptors (Lipinski definition) is 4. The lowest BCUT2D eigenvalue weighted by molar-refractivity contribution is 0.415. The molecule has 0 aliphatic rings. The van der Waals surface area contributed by atoms with Gasteiger partial charge in [0.1, 0.15) is 5.75 Å². The minimum atomic E-state index is 0.459. The maximum Gasteiger partial charge on any atom is 0.221 e. The van der Waals surface area contributed by atoms with Crippen molar-refractivity contribution in [2.75, 3.05) is 7.11 Å². The summed E-state index contributed by atoms with van der Waals surface area (Å²) in [5, 5.41) is 4.17. The molecule has 6 heteroatoms. The fraction of sp³-hybridized carbons (Fsp3) is 0.0625. The first-order chi connectivity index (χ1) is 10.8. The number of rotatable bonds is 2. The molecule has 5 nitrogen and oxygen atoms in total. The number of methoxy groups -OCH3 is 1. The summed E-state index contributed by atoms with van der Waals surface area (Å²) in [5.41, 5.74) is 2.59. The number of hydrogen-bond donors (Lipinski definition) is 1. The number of H-pyrrole nitrogens is 1. The Hall–Kier alpha value is -2.73. The fourth-order valence-corrected chi connectivity index (χ4v) is 2.68. The summed E-state index contributed by atoms with van der Waals surface area (Å²) in [5.74, 6) is 1.55. The molecule has 2 aromatic carbocycles. The number of benzene rings is 2. The molecule has 4 aromatic rings. The maximum absolute atomic E-state index is 5.34. The number of aromatic nitrogens is 4. The highest BCUT2D eigenvalue weighted by Gasteiger charge is 2.10. The smallest absolute Gasteiger partial charge is 0.221 e. The summed E-state index contributed by atoms with van der Waals surface area (Å²) >= 11 is 5.34. The van der Waals surface area contributed by atoms with Crippen LogP contribution in [-0.4, -0.2) is 26.7 Å². The Balaban J connectivity index is 1.98. The van der Waals surface area contributed by atoms with Crippen LogP contribution >= 0.6 is 12.2 Å². The van der Waals surface area contributed by atoms with Crippen molar-refractivity contribution >= 4 is 28.8 Å². The van der Waals surface area contributed by atoms with E-state index in [4.69, 9.17) is 17.0 Å². The molecule has 0 atom stereocenters. The number of nitrogens with zero attached hydrogens (tertiary/aromatic N) is 3. The molecular formula is C16H12N4OS. The molecule has 0 spiro atoms. The van der Waals surface area contributed by atoms with Crippen LogP contribution in [0.25, 0.3) is 27.9 Å². The van der Waals surface area contributed by atoms with Crippen LogP contribution in [0.15, 0.2) is 48.5 Å². The molecule has 0 bridgehead atoms. The second kappa shape index (κ2) is 4.92. The van der Waals surface area contributed by atoms with Crippen LogP contribution in [0.3, 0.4) is 0 Å². The van der Waals surface area contributed by atoms with Crippen molar-refractivity contribution in [3.05, 3.63) is 53.3 Å². The van der Waals surface area contributed by atoms with Gasteiger partial charge in [-0.25, -0.2) is 14.5 Å². The topological polar surface area (TPSA) is 55.2 Å². The summed E-state index contributed by atoms with van der Waals surface area (Å²) < 4.78 is 7.37. The highest BCUT2D eigenvalue weighted by molar-refractivity contribution is 7.71. The number of aromatic amines is 1. The quantitative estimate of drug-likeness (QED) is 0.575. The van der Waals surface area contributed by atoms with Gasteiger partial charge in [0.25, 0.3) is 0 Å². The van der Waals surface area contributed by atoms with E-state index < -0.39 is 0 Å². The lowest BCUT2D eigenvalue weighted by Crippen LogP contribution is -1.94. The average Bonchev–Trinajstić information content (AvgIpc) is 3.01. The van der Waals surface area contributed by atoms with Gasteiger partial charge in [-0.05, 0) is 48.6 Å². The van der Waals surface area contributed by atoms with Gasteiger partial charge in [-0.1, -0.05) is 12.1 Å². The van der Waals surface area contributed by atoms with Crippen molar-refractivity contribution in [2.24, 2.45) is 0 Å². The first-order valence-electron chi connectivity index (χ1n) is 6.78. The van der Waals surface area contributed by atoms with Crippen molar-refractivity contribution in [1.29, 1.82) is 0 Å². The van der Waals surface area contributed by atoms with Crippen molar-refractivity contribution in [3.63, 3.8) is 0 Å². The molecule has 0 aliphatic heterocycles. The molecule has 22 heavy (non-hydrogen) atoms. The van der Waals surface area contributed by atoms with Crippen molar-refractivity contribution in [1.82, 2.24) is 19.6 Å². The molecule has 2 aromatic heterocycles. The SMILES string of the molecule is COc1ccc(-c2nc3c4ccccc4nc(=S)n3[nH]2)cc1. The zero-order chi connectivity index (χ0) is 15.1. The summed E-state index contributed by atoms with van der Waals surface area (Å²) in [7, 11) is 1.65. The minimum absolute atomic E-state index is 0.459. The number of nitrogens with one attached hydrogen (secondary N) is 1. The van der Waals surface area contributed by atoms with E-state index >= 15 is 0 Å². The van der Waals surface area contributed by atoms with Gasteiger partial charge in [0.2, 0.25) is 4.77 Å². The van der Waals surface area contributed by atoms with E-state index in [1.807, 2.05) is 48.5 Å². The van der Waals surface area contributed by atoms with Crippen LogP contribution in [0.2, 0.25) is 0 Å². The first-order valence-corrected chi connectivity index (χ1v) is 7.19. The Kier molecular flexibility index (Phi) is 2.90. The van der Waals surface area contributed by atoms with Crippen LogP contribution in [0.1, 0.15) is 0 Å². The van der Waals surface area contributed by atoms with Crippen molar-refractivity contribution < 1.29 is 4.74 Å². The molecule has 2 heterocycles. The number of para-hydroxylation sites is 1. The largest absolute Gasteiger partial charge is 0.497 e. The number of ether oxygens (including phenoxy) is 1. The molecule has 0 fully saturated rings. The molecule has 0 radical (unpaired) electrons. The third-order valence-corrected chi connectivity index (χ3v) is 3.84. The molecule has 0 amide bonds. The van der Waals surface area contributed by atoms with E-state index in [-0.39, 0.29) is 0 Å². The second-order valence-electron chi connectivity index (χ2n) is 4.87. The summed E-state index contributed by atoms with van der Waals surface area (Å²) in [6, 6.07) is 15.5. The summed E-state index contributed by atoms with van der Waals surface area (Å²) in [6.45, 7) is 0. The van der Waals surface area contributed by atoms with E-state index in [2.05, 4.69) is 15.1 Å². The van der Waals surface area contributed by atoms with Gasteiger partial charge in [0.15, 0.2) is 11.5 Å². The van der Waals surface area contributed by atoms with E-state index in [0.717, 1.165) is 33.7 Å². The highest BCUT2D eigenvalue weighted by Crippen LogP contribution is 2.23. The lowest BCUT2D eigenvalue weighted by Gasteiger charge is -1.99. The van der Waals surface area contributed by atoms with Gasteiger partial charge < -0.3 is 4.74 Å². The fourth-order valence-electron chi connectivity index (χ4n) is 2.45. The number of fused-ring (bicyclic) bond motifs is 3. The van der Waals surface area contributed by atoms with Crippen molar-refractivity contribution in [2.45, 2.75) is 0 Å². The predicted octanol–water partition coefficient (Wildman–Crippen LogP) is 3.62. The molecule has 1 N–H and O–H groups in total. The Bertz CT molecular complexity index is 1030. The maximum atomic E-state index is 5.34. The molecule has 0 unspecified atom stereocenters. The Morgan fingerprint density at radius 2 is 1.82 bits per heavy atom. The van der Waals surface area contributed by atoms with E-state index in [0.29, 0.717) is 4.77 Å². The molecule has 4 rings (SSSR count). The van der Waals surface area contributed by atoms with Gasteiger partial charge >= 0.3 is 0 Å². The van der Waals surface area contributed by atoms with Crippen LogP contribution in [0.4, 0.5) is 0 Å². The molecule has 0 aliphatic carbocycles. The molecular weight excluding hydrogens is 296 g/mol. The van der Waals surface area contributed by atoms with Gasteiger partial charge in [-0.3, -0.25) is 5.10 Å². The van der Waals surface area contributed by atoms with E-state index in [1.165, 1.54) is 0 Å². The molecule has 0 saturated heterocycles. The lowest BCUT2D eigenvalue weighted by atomic mass is 10.2. The first kappa shape index (κ1) is 13.0. The zero-order valence-electron chi connectivity index (χ0n) is 11.8. The predicted molar refractivity (Wildman–Crippen MR) is 87.7 cm³/mol. The monoisotopic (exact) mass is 308 g/mol. The highest BCUT2D eigenvalue weighted by atomic mass is 32.1. The third-order valence-electron chi connectivity index (χ3n) is 3.56. The zero-order valence-corrected chi connectivity index (χ0v) is 12.6. The minimum Gasteiger partial charge on any atom is -0.497 e. The van der Waals surface area contributed by atoms with Gasteiger partial charge in [0, 0.05) is 10.9 Å². The van der Waals surface area contributed by atoms with Gasteiger partial charge in [-0.2, -0.15) is 0 Å². The standard InChI is InChI=1S/C16H12N4OS/c1-21-11-8-6-10(7-9-11)14-18-15-12-4-2-3-5-13(12)17-16(22)20(15)19-14/h2-9H,1H3,(H,18,19). The van der Waals surface area contributed by atoms with E-state index in [1.54, 1.807) is 11.6 Å².